The Morgan fingerprint density at radius 1 is 1.53 bits per heavy atom. The highest BCUT2D eigenvalue weighted by molar-refractivity contribution is 5.81. The van der Waals surface area contributed by atoms with E-state index in [1.165, 1.54) is 7.11 Å². The molecule has 0 aromatic carbocycles. The lowest BCUT2D eigenvalue weighted by atomic mass is 10.1. The molecule has 0 aliphatic carbocycles. The van der Waals surface area contributed by atoms with Crippen molar-refractivity contribution in [3.05, 3.63) is 0 Å². The number of hydrogen-bond donors (Lipinski definition) is 1. The van der Waals surface area contributed by atoms with Gasteiger partial charge in [0, 0.05) is 13.6 Å². The van der Waals surface area contributed by atoms with Gasteiger partial charge in [-0.1, -0.05) is 0 Å². The van der Waals surface area contributed by atoms with Gasteiger partial charge in [0.05, 0.1) is 19.1 Å². The molecule has 1 saturated heterocycles. The third-order valence-electron chi connectivity index (χ3n) is 2.93. The standard InChI is InChI=1S/C10H18N2O3/c1-7(9(13)11-2)12-5-4-8(6-12)10(14)15-3/h7-8H,4-6H2,1-3H3,(H,11,13). The van der Waals surface area contributed by atoms with Gasteiger partial charge in [-0.25, -0.2) is 0 Å². The molecule has 1 aliphatic rings. The number of carbonyl (C=O) groups is 2. The summed E-state index contributed by atoms with van der Waals surface area (Å²) in [6, 6.07) is -0.176. The second-order valence-electron chi connectivity index (χ2n) is 3.79. The number of hydrogen-bond acceptors (Lipinski definition) is 4. The van der Waals surface area contributed by atoms with Crippen molar-refractivity contribution in [2.75, 3.05) is 27.2 Å². The van der Waals surface area contributed by atoms with Crippen molar-refractivity contribution in [1.82, 2.24) is 10.2 Å². The molecule has 0 radical (unpaired) electrons. The van der Waals surface area contributed by atoms with Gasteiger partial charge in [0.1, 0.15) is 0 Å². The van der Waals surface area contributed by atoms with Crippen LogP contribution in [-0.4, -0.2) is 50.1 Å². The lowest BCUT2D eigenvalue weighted by Gasteiger charge is -2.22. The third kappa shape index (κ3) is 2.68. The average Bonchev–Trinajstić information content (AvgIpc) is 2.75. The molecule has 2 unspecified atom stereocenters. The van der Waals surface area contributed by atoms with E-state index < -0.39 is 0 Å². The van der Waals surface area contributed by atoms with Gasteiger partial charge in [-0.15, -0.1) is 0 Å². The molecule has 1 rings (SSSR count). The monoisotopic (exact) mass is 214 g/mol. The summed E-state index contributed by atoms with van der Waals surface area (Å²) in [5.41, 5.74) is 0. The van der Waals surface area contributed by atoms with Gasteiger partial charge in [-0.05, 0) is 19.9 Å². The molecular formula is C10H18N2O3. The molecule has 0 aromatic heterocycles. The Kier molecular flexibility index (Phi) is 4.08. The number of likely N-dealkylation sites (tertiary alicyclic amines) is 1. The summed E-state index contributed by atoms with van der Waals surface area (Å²) in [6.07, 6.45) is 0.772. The second kappa shape index (κ2) is 5.11. The van der Waals surface area contributed by atoms with Gasteiger partial charge in [0.25, 0.3) is 0 Å². The maximum atomic E-state index is 11.4. The van der Waals surface area contributed by atoms with Gasteiger partial charge in [-0.2, -0.15) is 0 Å². The molecule has 1 fully saturated rings. The number of nitrogens with one attached hydrogen (secondary N) is 1. The van der Waals surface area contributed by atoms with Crippen LogP contribution in [0.25, 0.3) is 0 Å². The molecule has 1 amide bonds. The molecule has 1 heterocycles. The number of esters is 1. The van der Waals surface area contributed by atoms with Crippen molar-refractivity contribution < 1.29 is 14.3 Å². The molecule has 15 heavy (non-hydrogen) atoms. The Hall–Kier alpha value is -1.10. The number of likely N-dealkylation sites (N-methyl/N-ethyl adjacent to an activating group) is 1. The number of amides is 1. The number of carbonyl (C=O) groups excluding carboxylic acids is 2. The molecule has 2 atom stereocenters. The summed E-state index contributed by atoms with van der Waals surface area (Å²) in [6.45, 7) is 3.23. The fourth-order valence-electron chi connectivity index (χ4n) is 1.87. The summed E-state index contributed by atoms with van der Waals surface area (Å²) in [4.78, 5) is 24.6. The predicted molar refractivity (Wildman–Crippen MR) is 55.2 cm³/mol. The van der Waals surface area contributed by atoms with Crippen LogP contribution in [0.2, 0.25) is 0 Å². The van der Waals surface area contributed by atoms with E-state index in [4.69, 9.17) is 0 Å². The maximum absolute atomic E-state index is 11.4. The zero-order valence-corrected chi connectivity index (χ0v) is 9.45. The number of rotatable bonds is 3. The summed E-state index contributed by atoms with van der Waals surface area (Å²) in [5.74, 6) is -0.274. The number of methoxy groups -OCH3 is 1. The highest BCUT2D eigenvalue weighted by atomic mass is 16.5. The summed E-state index contributed by atoms with van der Waals surface area (Å²) < 4.78 is 4.68. The van der Waals surface area contributed by atoms with Crippen molar-refractivity contribution in [2.45, 2.75) is 19.4 Å². The Morgan fingerprint density at radius 2 is 2.20 bits per heavy atom. The molecule has 0 spiro atoms. The van der Waals surface area contributed by atoms with E-state index in [0.717, 1.165) is 13.0 Å². The van der Waals surface area contributed by atoms with Gasteiger partial charge in [-0.3, -0.25) is 14.5 Å². The summed E-state index contributed by atoms with van der Waals surface area (Å²) >= 11 is 0. The lowest BCUT2D eigenvalue weighted by Crippen LogP contribution is -2.43. The molecule has 1 N–H and O–H groups in total. The third-order valence-corrected chi connectivity index (χ3v) is 2.93. The number of ether oxygens (including phenoxy) is 1. The first-order chi connectivity index (χ1) is 7.10. The maximum Gasteiger partial charge on any atom is 0.310 e. The van der Waals surface area contributed by atoms with Crippen LogP contribution in [0.5, 0.6) is 0 Å². The van der Waals surface area contributed by atoms with Crippen molar-refractivity contribution in [2.24, 2.45) is 5.92 Å². The second-order valence-corrected chi connectivity index (χ2v) is 3.79. The van der Waals surface area contributed by atoms with Gasteiger partial charge in [0.2, 0.25) is 5.91 Å². The fourth-order valence-corrected chi connectivity index (χ4v) is 1.87. The Balaban J connectivity index is 2.49. The van der Waals surface area contributed by atoms with Crippen LogP contribution in [0.4, 0.5) is 0 Å². The Morgan fingerprint density at radius 3 is 2.73 bits per heavy atom. The van der Waals surface area contributed by atoms with Gasteiger partial charge < -0.3 is 10.1 Å². The van der Waals surface area contributed by atoms with Crippen LogP contribution < -0.4 is 5.32 Å². The first-order valence-corrected chi connectivity index (χ1v) is 5.13. The van der Waals surface area contributed by atoms with Crippen LogP contribution in [0.1, 0.15) is 13.3 Å². The molecule has 86 valence electrons. The smallest absolute Gasteiger partial charge is 0.310 e. The van der Waals surface area contributed by atoms with E-state index in [1.54, 1.807) is 7.05 Å². The van der Waals surface area contributed by atoms with Crippen LogP contribution in [-0.2, 0) is 14.3 Å². The van der Waals surface area contributed by atoms with Gasteiger partial charge >= 0.3 is 5.97 Å². The largest absolute Gasteiger partial charge is 0.469 e. The highest BCUT2D eigenvalue weighted by Gasteiger charge is 2.33. The zero-order valence-electron chi connectivity index (χ0n) is 9.45. The van der Waals surface area contributed by atoms with Crippen LogP contribution >= 0.6 is 0 Å². The molecule has 0 saturated carbocycles. The molecular weight excluding hydrogens is 196 g/mol. The number of nitrogens with zero attached hydrogens (tertiary/aromatic N) is 1. The van der Waals surface area contributed by atoms with E-state index >= 15 is 0 Å². The van der Waals surface area contributed by atoms with Crippen LogP contribution in [0, 0.1) is 5.92 Å². The molecule has 5 heteroatoms. The first kappa shape index (κ1) is 12.0. The van der Waals surface area contributed by atoms with Crippen molar-refractivity contribution >= 4 is 11.9 Å². The summed E-state index contributed by atoms with van der Waals surface area (Å²) in [7, 11) is 3.01. The first-order valence-electron chi connectivity index (χ1n) is 5.13. The van der Waals surface area contributed by atoms with Gasteiger partial charge in [0.15, 0.2) is 0 Å². The van der Waals surface area contributed by atoms with E-state index in [0.29, 0.717) is 6.54 Å². The van der Waals surface area contributed by atoms with E-state index in [9.17, 15) is 9.59 Å². The quantitative estimate of drug-likeness (QED) is 0.650. The molecule has 1 aliphatic heterocycles. The zero-order chi connectivity index (χ0) is 11.4. The van der Waals surface area contributed by atoms with Crippen molar-refractivity contribution in [1.29, 1.82) is 0 Å². The van der Waals surface area contributed by atoms with E-state index in [2.05, 4.69) is 10.1 Å². The minimum absolute atomic E-state index is 0.0134. The minimum Gasteiger partial charge on any atom is -0.469 e. The SMILES string of the molecule is CNC(=O)C(C)N1CCC(C(=O)OC)C1. The molecule has 0 bridgehead atoms. The minimum atomic E-state index is -0.179. The Bertz CT molecular complexity index is 255. The van der Waals surface area contributed by atoms with Crippen LogP contribution in [0.15, 0.2) is 0 Å². The topological polar surface area (TPSA) is 58.6 Å². The molecule has 0 aromatic rings. The molecule has 5 nitrogen and oxygen atoms in total. The average molecular weight is 214 g/mol. The summed E-state index contributed by atoms with van der Waals surface area (Å²) in [5, 5.41) is 2.60. The normalized spacial score (nSPS) is 23.5. The van der Waals surface area contributed by atoms with Crippen molar-refractivity contribution in [3.8, 4) is 0 Å². The fraction of sp³-hybridized carbons (Fsp3) is 0.800. The van der Waals surface area contributed by atoms with E-state index in [1.807, 2.05) is 11.8 Å². The highest BCUT2D eigenvalue weighted by Crippen LogP contribution is 2.19. The predicted octanol–water partition coefficient (Wildman–Crippen LogP) is -0.384. The van der Waals surface area contributed by atoms with Crippen LogP contribution in [0.3, 0.4) is 0 Å². The van der Waals surface area contributed by atoms with Crippen molar-refractivity contribution in [3.63, 3.8) is 0 Å². The Labute approximate surface area is 89.8 Å². The lowest BCUT2D eigenvalue weighted by molar-refractivity contribution is -0.145. The van der Waals surface area contributed by atoms with E-state index in [-0.39, 0.29) is 23.8 Å².